The number of esters is 2. The summed E-state index contributed by atoms with van der Waals surface area (Å²) in [6.45, 7) is 4.38. The van der Waals surface area contributed by atoms with Gasteiger partial charge in [-0.25, -0.2) is 0 Å². The van der Waals surface area contributed by atoms with Crippen molar-refractivity contribution in [3.05, 3.63) is 170 Å². The van der Waals surface area contributed by atoms with Gasteiger partial charge in [-0.05, 0) is 116 Å². The van der Waals surface area contributed by atoms with E-state index in [9.17, 15) is 19.5 Å². The summed E-state index contributed by atoms with van der Waals surface area (Å²) in [6.07, 6.45) is 82.9. The number of hydrogen-bond acceptors (Lipinski definition) is 8. The molecule has 0 heterocycles. The van der Waals surface area contributed by atoms with E-state index in [0.717, 1.165) is 116 Å². The molecule has 77 heavy (non-hydrogen) atoms. The molecule has 0 aliphatic carbocycles. The first-order valence-corrected chi connectivity index (χ1v) is 29.3. The maximum absolute atomic E-state index is 12.8. The van der Waals surface area contributed by atoms with Crippen LogP contribution in [-0.2, 0) is 33.3 Å². The molecule has 0 aliphatic rings. The van der Waals surface area contributed by atoms with E-state index in [-0.39, 0.29) is 32.7 Å². The van der Waals surface area contributed by atoms with E-state index < -0.39 is 30.3 Å². The van der Waals surface area contributed by atoms with Crippen LogP contribution in [0.3, 0.4) is 0 Å². The van der Waals surface area contributed by atoms with Gasteiger partial charge in [0, 0.05) is 12.8 Å². The predicted octanol–water partition coefficient (Wildman–Crippen LogP) is 16.2. The Kier molecular flexibility index (Phi) is 52.9. The highest BCUT2D eigenvalue weighted by molar-refractivity contribution is 5.70. The number of rotatable bonds is 51. The minimum atomic E-state index is -1.65. The van der Waals surface area contributed by atoms with E-state index in [1.165, 1.54) is 25.7 Å². The van der Waals surface area contributed by atoms with Gasteiger partial charge >= 0.3 is 11.9 Å². The Hall–Kier alpha value is -5.35. The van der Waals surface area contributed by atoms with E-state index in [1.807, 2.05) is 33.3 Å². The Bertz CT molecular complexity index is 1860. The Labute approximate surface area is 469 Å². The number of aliphatic carboxylic acids is 1. The SMILES string of the molecule is CC/C=C\C/C=C\C/C=C\C/C=C\C/C=C\C/C=C\C/C=C\C/C=C\C/C=C\C/C=C\CCCCCCCCCCC(=O)OC(COC(=O)CC/C=C\C/C=C\C/C=C\C/C=C\CC)COC(OCC[N+](C)(C)C)C(=O)[O-]. The van der Waals surface area contributed by atoms with Gasteiger partial charge in [-0.2, -0.15) is 0 Å². The smallest absolute Gasteiger partial charge is 0.306 e. The number of ether oxygens (including phenoxy) is 4. The number of carbonyl (C=O) groups excluding carboxylic acids is 3. The van der Waals surface area contributed by atoms with Gasteiger partial charge in [0.15, 0.2) is 12.4 Å². The van der Waals surface area contributed by atoms with Crippen LogP contribution in [0.2, 0.25) is 0 Å². The third-order valence-electron chi connectivity index (χ3n) is 11.5. The third-order valence-corrected chi connectivity index (χ3v) is 11.5. The van der Waals surface area contributed by atoms with Crippen molar-refractivity contribution in [2.24, 2.45) is 0 Å². The molecule has 9 heteroatoms. The monoisotopic (exact) mass is 1060 g/mol. The first-order chi connectivity index (χ1) is 37.6. The van der Waals surface area contributed by atoms with Gasteiger partial charge in [-0.15, -0.1) is 0 Å². The van der Waals surface area contributed by atoms with Crippen LogP contribution < -0.4 is 5.11 Å². The molecule has 0 bridgehead atoms. The number of carboxylic acid groups (broad SMARTS) is 1. The van der Waals surface area contributed by atoms with Crippen molar-refractivity contribution in [2.75, 3.05) is 47.5 Å². The summed E-state index contributed by atoms with van der Waals surface area (Å²) in [5.41, 5.74) is 0. The van der Waals surface area contributed by atoms with Gasteiger partial charge < -0.3 is 33.3 Å². The fourth-order valence-electron chi connectivity index (χ4n) is 7.05. The number of quaternary nitrogens is 1. The number of unbranched alkanes of at least 4 members (excludes halogenated alkanes) is 8. The zero-order valence-corrected chi connectivity index (χ0v) is 48.7. The lowest BCUT2D eigenvalue weighted by Crippen LogP contribution is -2.44. The van der Waals surface area contributed by atoms with Crippen molar-refractivity contribution in [2.45, 2.75) is 193 Å². The molecule has 0 aromatic carbocycles. The first-order valence-electron chi connectivity index (χ1n) is 29.3. The van der Waals surface area contributed by atoms with Crippen molar-refractivity contribution in [3.8, 4) is 0 Å². The lowest BCUT2D eigenvalue weighted by molar-refractivity contribution is -0.870. The molecule has 0 aromatic rings. The average molecular weight is 1060 g/mol. The summed E-state index contributed by atoms with van der Waals surface area (Å²) in [5, 5.41) is 11.7. The minimum absolute atomic E-state index is 0.126. The van der Waals surface area contributed by atoms with Crippen LogP contribution in [0.1, 0.15) is 181 Å². The highest BCUT2D eigenvalue weighted by Gasteiger charge is 2.21. The van der Waals surface area contributed by atoms with E-state index >= 15 is 0 Å². The topological polar surface area (TPSA) is 111 Å². The number of likely N-dealkylation sites (N-methyl/N-ethyl adjacent to an activating group) is 1. The van der Waals surface area contributed by atoms with Crippen LogP contribution >= 0.6 is 0 Å². The van der Waals surface area contributed by atoms with Gasteiger partial charge in [-0.3, -0.25) is 9.59 Å². The standard InChI is InChI=1S/C68H105NO8/c1-6-8-10-12-14-16-18-20-21-22-23-24-25-26-27-28-29-30-31-32-33-34-35-36-37-38-39-40-41-42-43-44-45-47-49-51-53-55-57-59-66(71)77-64(63-76-68(67(72)73)74-61-60-69(3,4)5)62-75-65(70)58-56-54-52-50-48-46-19-17-15-13-11-9-7-2/h8-11,14-17,20-21,23-24,26-27,29-30,32-33,35-36,38-39,41-42,46,48,52,54,64,68H,6-7,12-13,18-19,22,25,28,31,34,37,40,43-45,47,49-51,53,55-63H2,1-5H3/b10-8-,11-9-,16-14-,17-15-,21-20-,24-23-,27-26-,30-29-,33-32-,36-35-,39-38-,42-41-,48-46-,54-52-. The highest BCUT2D eigenvalue weighted by Crippen LogP contribution is 2.13. The number of carboxylic acids is 1. The van der Waals surface area contributed by atoms with Gasteiger partial charge in [0.1, 0.15) is 13.2 Å². The van der Waals surface area contributed by atoms with Gasteiger partial charge in [0.2, 0.25) is 0 Å². The summed E-state index contributed by atoms with van der Waals surface area (Å²) in [6, 6.07) is 0. The van der Waals surface area contributed by atoms with E-state index in [4.69, 9.17) is 18.9 Å². The molecule has 430 valence electrons. The summed E-state index contributed by atoms with van der Waals surface area (Å²) < 4.78 is 22.5. The molecule has 0 fully saturated rings. The van der Waals surface area contributed by atoms with Crippen molar-refractivity contribution < 1.29 is 42.9 Å². The molecular formula is C68H105NO8. The summed E-state index contributed by atoms with van der Waals surface area (Å²) >= 11 is 0. The molecule has 0 spiro atoms. The molecular weight excluding hydrogens is 959 g/mol. The molecule has 2 unspecified atom stereocenters. The Morgan fingerprint density at radius 3 is 1.09 bits per heavy atom. The second-order valence-corrected chi connectivity index (χ2v) is 19.8. The molecule has 0 saturated heterocycles. The maximum atomic E-state index is 12.8. The molecule has 0 saturated carbocycles. The third kappa shape index (κ3) is 58.2. The minimum Gasteiger partial charge on any atom is -0.545 e. The van der Waals surface area contributed by atoms with E-state index in [2.05, 4.69) is 172 Å². The summed E-state index contributed by atoms with van der Waals surface area (Å²) in [5.74, 6) is -2.43. The maximum Gasteiger partial charge on any atom is 0.306 e. The van der Waals surface area contributed by atoms with Gasteiger partial charge in [0.25, 0.3) is 0 Å². The number of hydrogen-bond donors (Lipinski definition) is 0. The number of allylic oxidation sites excluding steroid dienone is 28. The second kappa shape index (κ2) is 56.8. The quantitative estimate of drug-likeness (QED) is 0.0195. The van der Waals surface area contributed by atoms with Crippen molar-refractivity contribution in [1.82, 2.24) is 0 Å². The second-order valence-electron chi connectivity index (χ2n) is 19.8. The molecule has 2 atom stereocenters. The molecule has 0 N–H and O–H groups in total. The molecule has 0 aromatic heterocycles. The first kappa shape index (κ1) is 71.7. The van der Waals surface area contributed by atoms with Crippen molar-refractivity contribution in [1.29, 1.82) is 0 Å². The molecule has 0 amide bonds. The highest BCUT2D eigenvalue weighted by atomic mass is 16.7. The van der Waals surface area contributed by atoms with Crippen LogP contribution in [0.5, 0.6) is 0 Å². The van der Waals surface area contributed by atoms with E-state index in [1.54, 1.807) is 0 Å². The fraction of sp³-hybridized carbons (Fsp3) is 0.544. The van der Waals surface area contributed by atoms with Crippen LogP contribution in [0.15, 0.2) is 170 Å². The summed E-state index contributed by atoms with van der Waals surface area (Å²) in [4.78, 5) is 37.1. The molecule has 9 nitrogen and oxygen atoms in total. The lowest BCUT2D eigenvalue weighted by atomic mass is 10.1. The van der Waals surface area contributed by atoms with Crippen LogP contribution in [0.25, 0.3) is 0 Å². The molecule has 0 aliphatic heterocycles. The van der Waals surface area contributed by atoms with Gasteiger partial charge in [-0.1, -0.05) is 223 Å². The van der Waals surface area contributed by atoms with Gasteiger partial charge in [0.05, 0.1) is 40.3 Å². The predicted molar refractivity (Wildman–Crippen MR) is 324 cm³/mol. The lowest BCUT2D eigenvalue weighted by Gasteiger charge is -2.26. The zero-order chi connectivity index (χ0) is 56.2. The van der Waals surface area contributed by atoms with Crippen LogP contribution in [-0.4, -0.2) is 82.3 Å². The normalized spacial score (nSPS) is 14.0. The molecule has 0 rings (SSSR count). The molecule has 0 radical (unpaired) electrons. The van der Waals surface area contributed by atoms with E-state index in [0.29, 0.717) is 23.9 Å². The van der Waals surface area contributed by atoms with Crippen molar-refractivity contribution >= 4 is 17.9 Å². The number of nitrogens with zero attached hydrogens (tertiary/aromatic N) is 1. The summed E-state index contributed by atoms with van der Waals surface area (Å²) in [7, 11) is 5.88. The van der Waals surface area contributed by atoms with Crippen LogP contribution in [0.4, 0.5) is 0 Å². The Morgan fingerprint density at radius 1 is 0.390 bits per heavy atom. The average Bonchev–Trinajstić information content (AvgIpc) is 3.40. The zero-order valence-electron chi connectivity index (χ0n) is 48.7. The number of carbonyl (C=O) groups is 3. The fourth-order valence-corrected chi connectivity index (χ4v) is 7.05. The Balaban J connectivity index is 4.23. The Morgan fingerprint density at radius 2 is 0.727 bits per heavy atom. The largest absolute Gasteiger partial charge is 0.545 e. The van der Waals surface area contributed by atoms with Crippen LogP contribution in [0, 0.1) is 0 Å². The van der Waals surface area contributed by atoms with Crippen molar-refractivity contribution in [3.63, 3.8) is 0 Å².